The molecule has 6 atom stereocenters. The van der Waals surface area contributed by atoms with E-state index in [0.717, 1.165) is 23.7 Å². The highest BCUT2D eigenvalue weighted by Gasteiger charge is 2.54. The molecule has 0 aromatic heterocycles. The zero-order valence-corrected chi connectivity index (χ0v) is 11.4. The van der Waals surface area contributed by atoms with E-state index in [1.807, 2.05) is 6.92 Å². The van der Waals surface area contributed by atoms with Gasteiger partial charge < -0.3 is 5.32 Å². The van der Waals surface area contributed by atoms with Gasteiger partial charge in [0.2, 0.25) is 5.91 Å². The van der Waals surface area contributed by atoms with Gasteiger partial charge in [-0.2, -0.15) is 0 Å². The van der Waals surface area contributed by atoms with Crippen molar-refractivity contribution in [1.82, 2.24) is 5.32 Å². The minimum absolute atomic E-state index is 0.0500. The lowest BCUT2D eigenvalue weighted by Crippen LogP contribution is -2.44. The van der Waals surface area contributed by atoms with Gasteiger partial charge in [-0.05, 0) is 56.3 Å². The summed E-state index contributed by atoms with van der Waals surface area (Å²) < 4.78 is 0. The van der Waals surface area contributed by atoms with Gasteiger partial charge in [0, 0.05) is 6.04 Å². The van der Waals surface area contributed by atoms with E-state index >= 15 is 0 Å². The number of halogens is 1. The van der Waals surface area contributed by atoms with Crippen molar-refractivity contribution in [2.75, 3.05) is 0 Å². The van der Waals surface area contributed by atoms with Crippen molar-refractivity contribution in [3.8, 4) is 0 Å². The van der Waals surface area contributed by atoms with Gasteiger partial charge >= 0.3 is 0 Å². The maximum atomic E-state index is 11.7. The first-order valence-corrected chi connectivity index (χ1v) is 7.53. The molecule has 2 nitrogen and oxygen atoms in total. The summed E-state index contributed by atoms with van der Waals surface area (Å²) in [4.78, 5) is 11.7. The van der Waals surface area contributed by atoms with E-state index in [1.54, 1.807) is 0 Å². The van der Waals surface area contributed by atoms with E-state index in [2.05, 4.69) is 21.2 Å². The molecule has 0 aromatic rings. The van der Waals surface area contributed by atoms with Crippen LogP contribution in [0.1, 0.15) is 39.0 Å². The van der Waals surface area contributed by atoms with Crippen LogP contribution in [0.2, 0.25) is 0 Å². The number of alkyl halides is 1. The van der Waals surface area contributed by atoms with Crippen LogP contribution in [0.3, 0.4) is 0 Å². The summed E-state index contributed by atoms with van der Waals surface area (Å²) in [6.45, 7) is 1.90. The number of hydrogen-bond donors (Lipinski definition) is 1. The van der Waals surface area contributed by atoms with Crippen molar-refractivity contribution in [3.05, 3.63) is 0 Å². The molecule has 3 fully saturated rings. The second-order valence-electron chi connectivity index (χ2n) is 5.89. The van der Waals surface area contributed by atoms with E-state index in [1.165, 1.54) is 32.1 Å². The highest BCUT2D eigenvalue weighted by molar-refractivity contribution is 9.10. The van der Waals surface area contributed by atoms with Gasteiger partial charge in [-0.3, -0.25) is 4.79 Å². The van der Waals surface area contributed by atoms with Crippen LogP contribution in [0.15, 0.2) is 0 Å². The SMILES string of the molecule is CC(Br)C(=O)NC1CC2CC1C1CCCC21. The summed E-state index contributed by atoms with van der Waals surface area (Å²) in [5, 5.41) is 3.24. The topological polar surface area (TPSA) is 29.1 Å². The van der Waals surface area contributed by atoms with Crippen molar-refractivity contribution < 1.29 is 4.79 Å². The molecular weight excluding hydrogens is 266 g/mol. The quantitative estimate of drug-likeness (QED) is 0.777. The first-order valence-electron chi connectivity index (χ1n) is 6.61. The number of rotatable bonds is 2. The zero-order valence-electron chi connectivity index (χ0n) is 9.79. The van der Waals surface area contributed by atoms with Gasteiger partial charge in [0.25, 0.3) is 0 Å². The maximum absolute atomic E-state index is 11.7. The van der Waals surface area contributed by atoms with Crippen molar-refractivity contribution in [1.29, 1.82) is 0 Å². The standard InChI is InChI=1S/C13H20BrNO/c1-7(14)13(16)15-12-6-8-5-11(12)10-4-2-3-9(8)10/h7-12H,2-6H2,1H3,(H,15,16). The van der Waals surface area contributed by atoms with Gasteiger partial charge in [0.15, 0.2) is 0 Å². The molecule has 0 heterocycles. The fourth-order valence-electron chi connectivity index (χ4n) is 4.53. The molecule has 6 unspecified atom stereocenters. The number of carbonyl (C=O) groups excluding carboxylic acids is 1. The first kappa shape index (κ1) is 11.1. The van der Waals surface area contributed by atoms with E-state index in [9.17, 15) is 4.79 Å². The molecule has 0 spiro atoms. The molecule has 0 radical (unpaired) electrons. The van der Waals surface area contributed by atoms with E-state index in [-0.39, 0.29) is 10.7 Å². The fourth-order valence-corrected chi connectivity index (χ4v) is 4.66. The summed E-state index contributed by atoms with van der Waals surface area (Å²) in [5.74, 6) is 3.85. The minimum Gasteiger partial charge on any atom is -0.352 e. The summed E-state index contributed by atoms with van der Waals surface area (Å²) >= 11 is 3.34. The minimum atomic E-state index is -0.0500. The Balaban J connectivity index is 1.66. The Kier molecular flexibility index (Phi) is 2.77. The summed E-state index contributed by atoms with van der Waals surface area (Å²) in [6.07, 6.45) is 6.94. The van der Waals surface area contributed by atoms with Crippen LogP contribution in [0.5, 0.6) is 0 Å². The number of fused-ring (bicyclic) bond motifs is 5. The smallest absolute Gasteiger partial charge is 0.233 e. The molecule has 90 valence electrons. The van der Waals surface area contributed by atoms with Crippen LogP contribution in [-0.2, 0) is 4.79 Å². The monoisotopic (exact) mass is 285 g/mol. The number of nitrogens with one attached hydrogen (secondary N) is 1. The van der Waals surface area contributed by atoms with Gasteiger partial charge in [0.1, 0.15) is 0 Å². The summed E-state index contributed by atoms with van der Waals surface area (Å²) in [5.41, 5.74) is 0. The van der Waals surface area contributed by atoms with Crippen LogP contribution < -0.4 is 5.32 Å². The molecule has 3 heteroatoms. The Morgan fingerprint density at radius 3 is 2.75 bits per heavy atom. The molecule has 1 N–H and O–H groups in total. The normalized spacial score (nSPS) is 46.8. The zero-order chi connectivity index (χ0) is 11.3. The van der Waals surface area contributed by atoms with Crippen LogP contribution in [0.4, 0.5) is 0 Å². The third-order valence-corrected chi connectivity index (χ3v) is 5.53. The summed E-state index contributed by atoms with van der Waals surface area (Å²) in [7, 11) is 0. The molecule has 1 amide bonds. The molecule has 0 saturated heterocycles. The Bertz CT molecular complexity index is 304. The Hall–Kier alpha value is -0.0500. The van der Waals surface area contributed by atoms with Crippen LogP contribution >= 0.6 is 15.9 Å². The number of amides is 1. The molecule has 16 heavy (non-hydrogen) atoms. The fraction of sp³-hybridized carbons (Fsp3) is 0.923. The molecule has 0 aromatic carbocycles. The maximum Gasteiger partial charge on any atom is 0.233 e. The molecular formula is C13H20BrNO. The average Bonchev–Trinajstić information content (AvgIpc) is 2.87. The molecule has 2 bridgehead atoms. The van der Waals surface area contributed by atoms with Crippen molar-refractivity contribution >= 4 is 21.8 Å². The number of hydrogen-bond acceptors (Lipinski definition) is 1. The second-order valence-corrected chi connectivity index (χ2v) is 7.26. The predicted octanol–water partition coefficient (Wildman–Crippen LogP) is 2.71. The Morgan fingerprint density at radius 1 is 1.25 bits per heavy atom. The van der Waals surface area contributed by atoms with Crippen LogP contribution in [0.25, 0.3) is 0 Å². The van der Waals surface area contributed by atoms with Crippen LogP contribution in [-0.4, -0.2) is 16.8 Å². The lowest BCUT2D eigenvalue weighted by Gasteiger charge is -2.32. The van der Waals surface area contributed by atoms with Crippen LogP contribution in [0, 0.1) is 23.7 Å². The molecule has 3 rings (SSSR count). The molecule has 0 aliphatic heterocycles. The van der Waals surface area contributed by atoms with Crippen molar-refractivity contribution in [3.63, 3.8) is 0 Å². The predicted molar refractivity (Wildman–Crippen MR) is 67.4 cm³/mol. The van der Waals surface area contributed by atoms with Crippen molar-refractivity contribution in [2.24, 2.45) is 23.7 Å². The number of carbonyl (C=O) groups is 1. The third kappa shape index (κ3) is 1.62. The second kappa shape index (κ2) is 4.01. The van der Waals surface area contributed by atoms with Gasteiger partial charge in [-0.1, -0.05) is 22.4 Å². The lowest BCUT2D eigenvalue weighted by atomic mass is 9.79. The Morgan fingerprint density at radius 2 is 2.00 bits per heavy atom. The average molecular weight is 286 g/mol. The lowest BCUT2D eigenvalue weighted by molar-refractivity contribution is -0.121. The van der Waals surface area contributed by atoms with E-state index in [0.29, 0.717) is 6.04 Å². The van der Waals surface area contributed by atoms with E-state index in [4.69, 9.17) is 0 Å². The highest BCUT2D eigenvalue weighted by atomic mass is 79.9. The highest BCUT2D eigenvalue weighted by Crippen LogP contribution is 2.58. The largest absolute Gasteiger partial charge is 0.352 e. The van der Waals surface area contributed by atoms with E-state index < -0.39 is 0 Å². The third-order valence-electron chi connectivity index (χ3n) is 5.12. The van der Waals surface area contributed by atoms with Crippen molar-refractivity contribution in [2.45, 2.75) is 49.9 Å². The van der Waals surface area contributed by atoms with Gasteiger partial charge in [-0.25, -0.2) is 0 Å². The summed E-state index contributed by atoms with van der Waals surface area (Å²) in [6, 6.07) is 0.483. The molecule has 3 saturated carbocycles. The first-order chi connectivity index (χ1) is 7.66. The van der Waals surface area contributed by atoms with Gasteiger partial charge in [0.05, 0.1) is 4.83 Å². The molecule has 3 aliphatic carbocycles. The van der Waals surface area contributed by atoms with Gasteiger partial charge in [-0.15, -0.1) is 0 Å². The molecule has 3 aliphatic rings. The Labute approximate surface area is 106 Å².